The van der Waals surface area contributed by atoms with Gasteiger partial charge in [-0.15, -0.1) is 11.3 Å². The summed E-state index contributed by atoms with van der Waals surface area (Å²) in [6.07, 6.45) is 0. The molecule has 2 heterocycles. The van der Waals surface area contributed by atoms with E-state index in [-0.39, 0.29) is 12.4 Å². The summed E-state index contributed by atoms with van der Waals surface area (Å²) >= 11 is 1.30. The highest BCUT2D eigenvalue weighted by Crippen LogP contribution is 2.26. The van der Waals surface area contributed by atoms with Crippen LogP contribution < -0.4 is 5.32 Å². The lowest BCUT2D eigenvalue weighted by molar-refractivity contribution is -0.152. The van der Waals surface area contributed by atoms with Gasteiger partial charge in [0.15, 0.2) is 0 Å². The number of aromatic nitrogens is 3. The molecule has 0 aliphatic rings. The summed E-state index contributed by atoms with van der Waals surface area (Å²) in [6, 6.07) is 7.60. The molecule has 1 N–H and O–H groups in total. The second-order valence-corrected chi connectivity index (χ2v) is 6.12. The molecule has 3 aromatic rings. The minimum Gasteiger partial charge on any atom is -0.459 e. The molecule has 0 unspecified atom stereocenters. The van der Waals surface area contributed by atoms with Gasteiger partial charge < -0.3 is 10.1 Å². The molecule has 1 aromatic carbocycles. The van der Waals surface area contributed by atoms with E-state index < -0.39 is 11.9 Å². The molecule has 0 aliphatic carbocycles. The van der Waals surface area contributed by atoms with Gasteiger partial charge in [-0.05, 0) is 38.1 Å². The normalized spacial score (nSPS) is 10.6. The molecule has 134 valence electrons. The van der Waals surface area contributed by atoms with E-state index >= 15 is 0 Å². The molecule has 9 heteroatoms. The maximum Gasteiger partial charge on any atom is 0.397 e. The van der Waals surface area contributed by atoms with Crippen molar-refractivity contribution in [1.82, 2.24) is 14.8 Å². The lowest BCUT2D eigenvalue weighted by atomic mass is 10.2. The van der Waals surface area contributed by atoms with Crippen molar-refractivity contribution in [3.8, 4) is 16.4 Å². The highest BCUT2D eigenvalue weighted by atomic mass is 32.1. The third-order valence-electron chi connectivity index (χ3n) is 3.35. The van der Waals surface area contributed by atoms with E-state index in [1.54, 1.807) is 37.4 Å². The van der Waals surface area contributed by atoms with Gasteiger partial charge in [0.1, 0.15) is 11.6 Å². The van der Waals surface area contributed by atoms with E-state index in [0.29, 0.717) is 22.3 Å². The third kappa shape index (κ3) is 3.77. The number of anilines is 1. The topological polar surface area (TPSA) is 86.1 Å². The molecule has 3 rings (SSSR count). The monoisotopic (exact) mass is 374 g/mol. The molecule has 1 amide bonds. The number of thiazole rings is 1. The van der Waals surface area contributed by atoms with Crippen molar-refractivity contribution < 1.29 is 18.7 Å². The van der Waals surface area contributed by atoms with Crippen molar-refractivity contribution in [3.63, 3.8) is 0 Å². The van der Waals surface area contributed by atoms with Crippen LogP contribution in [0.2, 0.25) is 0 Å². The predicted molar refractivity (Wildman–Crippen MR) is 94.6 cm³/mol. The van der Waals surface area contributed by atoms with Crippen LogP contribution in [0.3, 0.4) is 0 Å². The first-order valence-electron chi connectivity index (χ1n) is 7.74. The quantitative estimate of drug-likeness (QED) is 0.560. The Hall–Kier alpha value is -3.07. The number of aryl methyl sites for hydroxylation is 1. The number of esters is 1. The average Bonchev–Trinajstić information content (AvgIpc) is 3.22. The SMILES string of the molecule is CCOC(=O)C(=O)Nc1cc(C)nn1-c1nc(-c2ccc(F)cc2)cs1. The Balaban J connectivity index is 1.87. The lowest BCUT2D eigenvalue weighted by Crippen LogP contribution is -2.26. The smallest absolute Gasteiger partial charge is 0.397 e. The lowest BCUT2D eigenvalue weighted by Gasteiger charge is -2.05. The number of nitrogens with one attached hydrogen (secondary N) is 1. The molecule has 2 aromatic heterocycles. The number of amides is 1. The highest BCUT2D eigenvalue weighted by molar-refractivity contribution is 7.12. The zero-order valence-corrected chi connectivity index (χ0v) is 14.8. The summed E-state index contributed by atoms with van der Waals surface area (Å²) in [5.74, 6) is -1.87. The van der Waals surface area contributed by atoms with Gasteiger partial charge in [0.2, 0.25) is 5.13 Å². The van der Waals surface area contributed by atoms with E-state index in [9.17, 15) is 14.0 Å². The van der Waals surface area contributed by atoms with Crippen molar-refractivity contribution in [2.75, 3.05) is 11.9 Å². The fraction of sp³-hybridized carbons (Fsp3) is 0.176. The molecular formula is C17H15FN4O3S. The fourth-order valence-corrected chi connectivity index (χ4v) is 3.01. The largest absolute Gasteiger partial charge is 0.459 e. The zero-order valence-electron chi connectivity index (χ0n) is 14.0. The summed E-state index contributed by atoms with van der Waals surface area (Å²) in [6.45, 7) is 3.48. The highest BCUT2D eigenvalue weighted by Gasteiger charge is 2.19. The van der Waals surface area contributed by atoms with Crippen LogP contribution in [0.15, 0.2) is 35.7 Å². The average molecular weight is 374 g/mol. The molecule has 0 aliphatic heterocycles. The Morgan fingerprint density at radius 3 is 2.73 bits per heavy atom. The Morgan fingerprint density at radius 2 is 2.04 bits per heavy atom. The number of benzene rings is 1. The van der Waals surface area contributed by atoms with Gasteiger partial charge in [-0.3, -0.25) is 4.79 Å². The molecular weight excluding hydrogens is 359 g/mol. The number of rotatable bonds is 4. The van der Waals surface area contributed by atoms with Gasteiger partial charge in [-0.1, -0.05) is 0 Å². The van der Waals surface area contributed by atoms with Gasteiger partial charge >= 0.3 is 11.9 Å². The minimum atomic E-state index is -0.968. The summed E-state index contributed by atoms with van der Waals surface area (Å²) in [5.41, 5.74) is 2.05. The molecule has 26 heavy (non-hydrogen) atoms. The molecule has 0 atom stereocenters. The Morgan fingerprint density at radius 1 is 1.31 bits per heavy atom. The minimum absolute atomic E-state index is 0.109. The second kappa shape index (κ2) is 7.44. The van der Waals surface area contributed by atoms with Gasteiger partial charge in [0, 0.05) is 17.0 Å². The summed E-state index contributed by atoms with van der Waals surface area (Å²) < 4.78 is 19.2. The Labute approximate surface area is 152 Å². The Kier molecular flexibility index (Phi) is 5.08. The van der Waals surface area contributed by atoms with Crippen molar-refractivity contribution in [3.05, 3.63) is 47.2 Å². The van der Waals surface area contributed by atoms with Gasteiger partial charge in [-0.2, -0.15) is 9.78 Å². The van der Waals surface area contributed by atoms with Crippen LogP contribution in [0, 0.1) is 12.7 Å². The predicted octanol–water partition coefficient (Wildman–Crippen LogP) is 2.94. The summed E-state index contributed by atoms with van der Waals surface area (Å²) in [4.78, 5) is 27.9. The van der Waals surface area contributed by atoms with Gasteiger partial charge in [-0.25, -0.2) is 14.2 Å². The van der Waals surface area contributed by atoms with Crippen LogP contribution in [-0.2, 0) is 14.3 Å². The molecule has 0 saturated heterocycles. The maximum atomic E-state index is 13.1. The van der Waals surface area contributed by atoms with Crippen LogP contribution >= 0.6 is 11.3 Å². The molecule has 0 radical (unpaired) electrons. The molecule has 0 saturated carbocycles. The molecule has 7 nitrogen and oxygen atoms in total. The number of hydrogen-bond acceptors (Lipinski definition) is 6. The standard InChI is InChI=1S/C17H15FN4O3S/c1-3-25-16(24)15(23)20-14-8-10(2)21-22(14)17-19-13(9-26-17)11-4-6-12(18)7-5-11/h4-9H,3H2,1-2H3,(H,20,23). The summed E-state index contributed by atoms with van der Waals surface area (Å²) in [7, 11) is 0. The number of halogens is 1. The number of hydrogen-bond donors (Lipinski definition) is 1. The van der Waals surface area contributed by atoms with Crippen LogP contribution in [0.4, 0.5) is 10.2 Å². The van der Waals surface area contributed by atoms with Crippen molar-refractivity contribution >= 4 is 29.0 Å². The first-order chi connectivity index (χ1) is 12.5. The first-order valence-corrected chi connectivity index (χ1v) is 8.62. The van der Waals surface area contributed by atoms with Crippen molar-refractivity contribution in [2.24, 2.45) is 0 Å². The Bertz CT molecular complexity index is 949. The van der Waals surface area contributed by atoms with Crippen LogP contribution in [0.25, 0.3) is 16.4 Å². The molecule has 0 spiro atoms. The van der Waals surface area contributed by atoms with Crippen molar-refractivity contribution in [2.45, 2.75) is 13.8 Å². The van der Waals surface area contributed by atoms with E-state index in [1.165, 1.54) is 28.2 Å². The van der Waals surface area contributed by atoms with E-state index in [1.807, 2.05) is 0 Å². The summed E-state index contributed by atoms with van der Waals surface area (Å²) in [5, 5.41) is 9.07. The number of carbonyl (C=O) groups is 2. The number of carbonyl (C=O) groups excluding carboxylic acids is 2. The number of nitrogens with zero attached hydrogens (tertiary/aromatic N) is 3. The first kappa shape index (κ1) is 17.7. The van der Waals surface area contributed by atoms with E-state index in [4.69, 9.17) is 0 Å². The maximum absolute atomic E-state index is 13.1. The second-order valence-electron chi connectivity index (χ2n) is 5.28. The van der Waals surface area contributed by atoms with Crippen LogP contribution in [0.5, 0.6) is 0 Å². The van der Waals surface area contributed by atoms with Gasteiger partial charge in [0.05, 0.1) is 18.0 Å². The van der Waals surface area contributed by atoms with E-state index in [0.717, 1.165) is 5.56 Å². The zero-order chi connectivity index (χ0) is 18.7. The molecule has 0 bridgehead atoms. The molecule has 0 fully saturated rings. The van der Waals surface area contributed by atoms with Gasteiger partial charge in [0.25, 0.3) is 0 Å². The van der Waals surface area contributed by atoms with Crippen LogP contribution in [0.1, 0.15) is 12.6 Å². The fourth-order valence-electron chi connectivity index (χ4n) is 2.21. The van der Waals surface area contributed by atoms with Crippen LogP contribution in [-0.4, -0.2) is 33.2 Å². The van der Waals surface area contributed by atoms with E-state index in [2.05, 4.69) is 20.1 Å². The third-order valence-corrected chi connectivity index (χ3v) is 4.16. The number of ether oxygens (including phenoxy) is 1. The van der Waals surface area contributed by atoms with Crippen molar-refractivity contribution in [1.29, 1.82) is 0 Å².